The minimum atomic E-state index is -4.29. The predicted octanol–water partition coefficient (Wildman–Crippen LogP) is 4.54. The van der Waals surface area contributed by atoms with Crippen molar-refractivity contribution in [1.82, 2.24) is 0 Å². The van der Waals surface area contributed by atoms with E-state index in [0.717, 1.165) is 17.7 Å². The van der Waals surface area contributed by atoms with Crippen LogP contribution in [0.5, 0.6) is 0 Å². The molecule has 0 aromatic heterocycles. The topological polar surface area (TPSA) is 0 Å². The summed E-state index contributed by atoms with van der Waals surface area (Å²) in [5.41, 5.74) is 0.102. The molecular weight excluding hydrogens is 313 g/mol. The number of hydrogen-bond donors (Lipinski definition) is 0. The molecule has 0 spiro atoms. The molecule has 0 aliphatic rings. The SMILES string of the molecule is Cc1c(Br)cc(C(F)(F)F)cc1Br. The van der Waals surface area contributed by atoms with Gasteiger partial charge in [0.05, 0.1) is 5.56 Å². The maximum absolute atomic E-state index is 12.2. The van der Waals surface area contributed by atoms with Gasteiger partial charge in [0.25, 0.3) is 0 Å². The Balaban J connectivity index is 3.29. The average Bonchev–Trinajstić information content (AvgIpc) is 1.97. The summed E-state index contributed by atoms with van der Waals surface area (Å²) in [6.45, 7) is 1.73. The Labute approximate surface area is 90.4 Å². The van der Waals surface area contributed by atoms with Gasteiger partial charge >= 0.3 is 6.18 Å². The lowest BCUT2D eigenvalue weighted by atomic mass is 10.1. The number of benzene rings is 1. The second kappa shape index (κ2) is 3.61. The van der Waals surface area contributed by atoms with E-state index >= 15 is 0 Å². The van der Waals surface area contributed by atoms with Gasteiger partial charge in [-0.1, -0.05) is 31.9 Å². The molecule has 0 aliphatic carbocycles. The molecule has 0 nitrogen and oxygen atoms in total. The Morgan fingerprint density at radius 2 is 1.46 bits per heavy atom. The molecular formula is C8H5Br2F3. The van der Waals surface area contributed by atoms with Crippen molar-refractivity contribution in [1.29, 1.82) is 0 Å². The van der Waals surface area contributed by atoms with E-state index in [9.17, 15) is 13.2 Å². The molecule has 0 radical (unpaired) electrons. The summed E-state index contributed by atoms with van der Waals surface area (Å²) in [4.78, 5) is 0. The third-order valence-corrected chi connectivity index (χ3v) is 3.26. The zero-order chi connectivity index (χ0) is 10.2. The minimum absolute atomic E-state index is 0.453. The molecule has 0 saturated carbocycles. The predicted molar refractivity (Wildman–Crippen MR) is 51.6 cm³/mol. The van der Waals surface area contributed by atoms with Crippen molar-refractivity contribution in [3.8, 4) is 0 Å². The molecule has 1 rings (SSSR count). The van der Waals surface area contributed by atoms with Crippen LogP contribution in [0.3, 0.4) is 0 Å². The quantitative estimate of drug-likeness (QED) is 0.659. The van der Waals surface area contributed by atoms with E-state index in [2.05, 4.69) is 31.9 Å². The molecule has 0 aliphatic heterocycles. The zero-order valence-corrected chi connectivity index (χ0v) is 9.72. The Bertz CT molecular complexity index is 308. The first-order chi connectivity index (χ1) is 5.82. The summed E-state index contributed by atoms with van der Waals surface area (Å²) in [6, 6.07) is 2.14. The van der Waals surface area contributed by atoms with E-state index in [1.54, 1.807) is 6.92 Å². The first-order valence-electron chi connectivity index (χ1n) is 3.35. The number of alkyl halides is 3. The molecule has 5 heteroatoms. The van der Waals surface area contributed by atoms with E-state index < -0.39 is 11.7 Å². The van der Waals surface area contributed by atoms with Gasteiger partial charge in [-0.25, -0.2) is 0 Å². The second-order valence-electron chi connectivity index (χ2n) is 2.56. The lowest BCUT2D eigenvalue weighted by Crippen LogP contribution is -2.05. The van der Waals surface area contributed by atoms with Gasteiger partial charge in [0, 0.05) is 8.95 Å². The van der Waals surface area contributed by atoms with Gasteiger partial charge in [-0.2, -0.15) is 13.2 Å². The van der Waals surface area contributed by atoms with E-state index in [1.807, 2.05) is 0 Å². The van der Waals surface area contributed by atoms with Gasteiger partial charge in [0.15, 0.2) is 0 Å². The van der Waals surface area contributed by atoms with E-state index in [0.29, 0.717) is 8.95 Å². The second-order valence-corrected chi connectivity index (χ2v) is 4.27. The van der Waals surface area contributed by atoms with Crippen LogP contribution < -0.4 is 0 Å². The van der Waals surface area contributed by atoms with Crippen LogP contribution in [-0.2, 0) is 6.18 Å². The first kappa shape index (κ1) is 11.0. The Hall–Kier alpha value is -0.0300. The molecule has 0 N–H and O–H groups in total. The van der Waals surface area contributed by atoms with Crippen LogP contribution in [-0.4, -0.2) is 0 Å². The Morgan fingerprint density at radius 1 is 1.08 bits per heavy atom. The smallest absolute Gasteiger partial charge is 0.166 e. The van der Waals surface area contributed by atoms with Gasteiger partial charge in [-0.15, -0.1) is 0 Å². The highest BCUT2D eigenvalue weighted by atomic mass is 79.9. The lowest BCUT2D eigenvalue weighted by molar-refractivity contribution is -0.137. The first-order valence-corrected chi connectivity index (χ1v) is 4.94. The van der Waals surface area contributed by atoms with Crippen LogP contribution in [0.1, 0.15) is 11.1 Å². The molecule has 0 saturated heterocycles. The highest BCUT2D eigenvalue weighted by molar-refractivity contribution is 9.11. The van der Waals surface area contributed by atoms with E-state index in [4.69, 9.17) is 0 Å². The van der Waals surface area contributed by atoms with E-state index in [-0.39, 0.29) is 0 Å². The molecule has 0 unspecified atom stereocenters. The Kier molecular flexibility index (Phi) is 3.07. The normalized spacial score (nSPS) is 11.8. The van der Waals surface area contributed by atoms with Crippen LogP contribution in [0.2, 0.25) is 0 Å². The third-order valence-electron chi connectivity index (χ3n) is 1.61. The molecule has 13 heavy (non-hydrogen) atoms. The van der Waals surface area contributed by atoms with Crippen LogP contribution in [0.25, 0.3) is 0 Å². The summed E-state index contributed by atoms with van der Waals surface area (Å²) >= 11 is 6.12. The van der Waals surface area contributed by atoms with Gasteiger partial charge < -0.3 is 0 Å². The summed E-state index contributed by atoms with van der Waals surface area (Å²) in [6.07, 6.45) is -4.29. The van der Waals surface area contributed by atoms with Gasteiger partial charge in [-0.3, -0.25) is 0 Å². The lowest BCUT2D eigenvalue weighted by Gasteiger charge is -2.09. The zero-order valence-electron chi connectivity index (χ0n) is 6.54. The van der Waals surface area contributed by atoms with Crippen molar-refractivity contribution >= 4 is 31.9 Å². The fourth-order valence-electron chi connectivity index (χ4n) is 0.809. The maximum Gasteiger partial charge on any atom is 0.416 e. The highest BCUT2D eigenvalue weighted by Gasteiger charge is 2.31. The molecule has 0 amide bonds. The van der Waals surface area contributed by atoms with Crippen LogP contribution in [0.15, 0.2) is 21.1 Å². The van der Waals surface area contributed by atoms with Crippen LogP contribution >= 0.6 is 31.9 Å². The molecule has 1 aromatic rings. The monoisotopic (exact) mass is 316 g/mol. The fourth-order valence-corrected chi connectivity index (χ4v) is 2.00. The summed E-state index contributed by atoms with van der Waals surface area (Å²) < 4.78 is 37.6. The molecule has 0 heterocycles. The number of halogens is 5. The molecule has 0 bridgehead atoms. The maximum atomic E-state index is 12.2. The fraction of sp³-hybridized carbons (Fsp3) is 0.250. The highest BCUT2D eigenvalue weighted by Crippen LogP contribution is 2.35. The molecule has 0 atom stereocenters. The summed E-state index contributed by atoms with van der Waals surface area (Å²) in [5, 5.41) is 0. The number of rotatable bonds is 0. The van der Waals surface area contributed by atoms with Gasteiger partial charge in [-0.05, 0) is 24.6 Å². The summed E-state index contributed by atoms with van der Waals surface area (Å²) in [5.74, 6) is 0. The van der Waals surface area contributed by atoms with Crippen molar-refractivity contribution < 1.29 is 13.2 Å². The molecule has 72 valence electrons. The minimum Gasteiger partial charge on any atom is -0.166 e. The molecule has 1 aromatic carbocycles. The van der Waals surface area contributed by atoms with Crippen molar-refractivity contribution in [2.45, 2.75) is 13.1 Å². The van der Waals surface area contributed by atoms with Gasteiger partial charge in [0.1, 0.15) is 0 Å². The van der Waals surface area contributed by atoms with Crippen molar-refractivity contribution in [3.05, 3.63) is 32.2 Å². The van der Waals surface area contributed by atoms with E-state index in [1.165, 1.54) is 0 Å². The van der Waals surface area contributed by atoms with Gasteiger partial charge in [0.2, 0.25) is 0 Å². The number of hydrogen-bond acceptors (Lipinski definition) is 0. The standard InChI is InChI=1S/C8H5Br2F3/c1-4-6(9)2-5(3-7(4)10)8(11,12)13/h2-3H,1H3. The largest absolute Gasteiger partial charge is 0.416 e. The van der Waals surface area contributed by atoms with Crippen molar-refractivity contribution in [2.24, 2.45) is 0 Å². The third kappa shape index (κ3) is 2.47. The molecule has 0 fully saturated rings. The van der Waals surface area contributed by atoms with Crippen molar-refractivity contribution in [3.63, 3.8) is 0 Å². The summed E-state index contributed by atoms with van der Waals surface area (Å²) in [7, 11) is 0. The van der Waals surface area contributed by atoms with Crippen LogP contribution in [0.4, 0.5) is 13.2 Å². The average molecular weight is 318 g/mol. The Morgan fingerprint density at radius 3 is 1.77 bits per heavy atom. The van der Waals surface area contributed by atoms with Crippen LogP contribution in [0, 0.1) is 6.92 Å². The van der Waals surface area contributed by atoms with Crippen molar-refractivity contribution in [2.75, 3.05) is 0 Å².